The zero-order valence-electron chi connectivity index (χ0n) is 11.1. The first-order valence-corrected chi connectivity index (χ1v) is 6.94. The Morgan fingerprint density at radius 2 is 2.06 bits per heavy atom. The largest absolute Gasteiger partial charge is 0.390 e. The molecule has 1 unspecified atom stereocenters. The number of hydrogen-bond acceptors (Lipinski definition) is 4. The fourth-order valence-electron chi connectivity index (χ4n) is 2.20. The lowest BCUT2D eigenvalue weighted by atomic mass is 9.95. The summed E-state index contributed by atoms with van der Waals surface area (Å²) in [6.45, 7) is 4.83. The van der Waals surface area contributed by atoms with Crippen LogP contribution in [0.2, 0.25) is 0 Å². The molecule has 0 saturated heterocycles. The first kappa shape index (κ1) is 15.6. The van der Waals surface area contributed by atoms with Gasteiger partial charge in [-0.15, -0.1) is 6.58 Å². The van der Waals surface area contributed by atoms with Crippen molar-refractivity contribution in [2.45, 2.75) is 63.4 Å². The number of aliphatic hydroxyl groups excluding tert-OH is 2. The molecule has 2 N–H and O–H groups in total. The summed E-state index contributed by atoms with van der Waals surface area (Å²) in [5.74, 6) is 0. The van der Waals surface area contributed by atoms with Gasteiger partial charge in [-0.2, -0.15) is 0 Å². The van der Waals surface area contributed by atoms with Gasteiger partial charge in [0.2, 0.25) is 0 Å². The van der Waals surface area contributed by atoms with E-state index in [0.717, 1.165) is 38.5 Å². The average Bonchev–Trinajstić information content (AvgIpc) is 2.36. The standard InChI is InChI=1S/C14H26O4/c1-2-10-17-11-6-5-9-14(16)18-13-8-4-3-7-12(13)15/h2,12-16H,1,3-11H2/t12-,13-,14?/m1/s1. The van der Waals surface area contributed by atoms with Crippen molar-refractivity contribution in [3.05, 3.63) is 12.7 Å². The maximum Gasteiger partial charge on any atom is 0.155 e. The minimum atomic E-state index is -0.762. The minimum Gasteiger partial charge on any atom is -0.390 e. The van der Waals surface area contributed by atoms with E-state index in [1.807, 2.05) is 0 Å². The lowest BCUT2D eigenvalue weighted by Gasteiger charge is -2.29. The molecule has 4 nitrogen and oxygen atoms in total. The van der Waals surface area contributed by atoms with Crippen molar-refractivity contribution in [3.8, 4) is 0 Å². The Hall–Kier alpha value is -0.420. The molecule has 18 heavy (non-hydrogen) atoms. The maximum absolute atomic E-state index is 9.73. The van der Waals surface area contributed by atoms with E-state index in [4.69, 9.17) is 9.47 Å². The Labute approximate surface area is 110 Å². The Morgan fingerprint density at radius 3 is 2.78 bits per heavy atom. The second kappa shape index (κ2) is 9.50. The zero-order chi connectivity index (χ0) is 13.2. The van der Waals surface area contributed by atoms with Crippen LogP contribution in [-0.2, 0) is 9.47 Å². The first-order valence-electron chi connectivity index (χ1n) is 6.94. The van der Waals surface area contributed by atoms with Crippen molar-refractivity contribution in [3.63, 3.8) is 0 Å². The molecular formula is C14H26O4. The van der Waals surface area contributed by atoms with Crippen molar-refractivity contribution in [1.82, 2.24) is 0 Å². The smallest absolute Gasteiger partial charge is 0.155 e. The molecule has 0 radical (unpaired) electrons. The summed E-state index contributed by atoms with van der Waals surface area (Å²) in [6.07, 6.45) is 6.48. The number of aliphatic hydroxyl groups is 2. The van der Waals surface area contributed by atoms with E-state index >= 15 is 0 Å². The first-order chi connectivity index (χ1) is 8.74. The molecule has 106 valence electrons. The van der Waals surface area contributed by atoms with Crippen molar-refractivity contribution < 1.29 is 19.7 Å². The van der Waals surface area contributed by atoms with Gasteiger partial charge in [-0.25, -0.2) is 0 Å². The molecular weight excluding hydrogens is 232 g/mol. The van der Waals surface area contributed by atoms with E-state index < -0.39 is 12.4 Å². The highest BCUT2D eigenvalue weighted by atomic mass is 16.6. The summed E-state index contributed by atoms with van der Waals surface area (Å²) in [5, 5.41) is 19.5. The molecule has 0 aromatic rings. The Bertz CT molecular complexity index is 220. The molecule has 1 aliphatic carbocycles. The molecule has 1 aliphatic rings. The van der Waals surface area contributed by atoms with Gasteiger partial charge in [0, 0.05) is 6.61 Å². The third-order valence-electron chi connectivity index (χ3n) is 3.23. The molecule has 0 bridgehead atoms. The topological polar surface area (TPSA) is 58.9 Å². The fourth-order valence-corrected chi connectivity index (χ4v) is 2.20. The average molecular weight is 258 g/mol. The highest BCUT2D eigenvalue weighted by molar-refractivity contribution is 4.75. The van der Waals surface area contributed by atoms with E-state index in [0.29, 0.717) is 19.6 Å². The van der Waals surface area contributed by atoms with Gasteiger partial charge >= 0.3 is 0 Å². The molecule has 1 saturated carbocycles. The van der Waals surface area contributed by atoms with E-state index in [2.05, 4.69) is 6.58 Å². The molecule has 1 rings (SSSR count). The Balaban J connectivity index is 2.02. The third-order valence-corrected chi connectivity index (χ3v) is 3.23. The predicted octanol–water partition coefficient (Wildman–Crippen LogP) is 2.00. The van der Waals surface area contributed by atoms with Crippen LogP contribution in [0.15, 0.2) is 12.7 Å². The van der Waals surface area contributed by atoms with Crippen LogP contribution in [0.1, 0.15) is 44.9 Å². The van der Waals surface area contributed by atoms with Gasteiger partial charge in [0.15, 0.2) is 6.29 Å². The zero-order valence-corrected chi connectivity index (χ0v) is 11.1. The summed E-state index contributed by atoms with van der Waals surface area (Å²) in [4.78, 5) is 0. The predicted molar refractivity (Wildman–Crippen MR) is 70.2 cm³/mol. The number of hydrogen-bond donors (Lipinski definition) is 2. The highest BCUT2D eigenvalue weighted by Crippen LogP contribution is 2.22. The monoisotopic (exact) mass is 258 g/mol. The highest BCUT2D eigenvalue weighted by Gasteiger charge is 2.25. The molecule has 0 aromatic heterocycles. The van der Waals surface area contributed by atoms with E-state index in [-0.39, 0.29) is 6.10 Å². The normalized spacial score (nSPS) is 25.9. The lowest BCUT2D eigenvalue weighted by molar-refractivity contribution is -0.176. The molecule has 0 spiro atoms. The molecule has 1 fully saturated rings. The molecule has 3 atom stereocenters. The van der Waals surface area contributed by atoms with Crippen LogP contribution in [0.5, 0.6) is 0 Å². The quantitative estimate of drug-likeness (QED) is 0.377. The maximum atomic E-state index is 9.73. The molecule has 0 aromatic carbocycles. The Morgan fingerprint density at radius 1 is 1.28 bits per heavy atom. The van der Waals surface area contributed by atoms with Crippen molar-refractivity contribution in [2.24, 2.45) is 0 Å². The number of unbranched alkanes of at least 4 members (excludes halogenated alkanes) is 1. The summed E-state index contributed by atoms with van der Waals surface area (Å²) in [7, 11) is 0. The van der Waals surface area contributed by atoms with E-state index in [1.165, 1.54) is 0 Å². The van der Waals surface area contributed by atoms with Crippen LogP contribution in [-0.4, -0.2) is 41.9 Å². The summed E-state index contributed by atoms with van der Waals surface area (Å²) < 4.78 is 10.7. The van der Waals surface area contributed by atoms with Crippen LogP contribution in [0.4, 0.5) is 0 Å². The number of rotatable bonds is 9. The van der Waals surface area contributed by atoms with Gasteiger partial charge in [-0.1, -0.05) is 18.9 Å². The summed E-state index contributed by atoms with van der Waals surface area (Å²) in [5.41, 5.74) is 0. The molecule has 4 heteroatoms. The van der Waals surface area contributed by atoms with Crippen molar-refractivity contribution in [2.75, 3.05) is 13.2 Å². The van der Waals surface area contributed by atoms with Crippen LogP contribution in [0, 0.1) is 0 Å². The van der Waals surface area contributed by atoms with E-state index in [1.54, 1.807) is 6.08 Å². The van der Waals surface area contributed by atoms with Crippen LogP contribution in [0.3, 0.4) is 0 Å². The van der Waals surface area contributed by atoms with Gasteiger partial charge < -0.3 is 19.7 Å². The van der Waals surface area contributed by atoms with Crippen LogP contribution < -0.4 is 0 Å². The molecule has 0 amide bonds. The molecule has 0 aliphatic heterocycles. The van der Waals surface area contributed by atoms with E-state index in [9.17, 15) is 10.2 Å². The van der Waals surface area contributed by atoms with Crippen LogP contribution >= 0.6 is 0 Å². The summed E-state index contributed by atoms with van der Waals surface area (Å²) >= 11 is 0. The van der Waals surface area contributed by atoms with Gasteiger partial charge in [0.25, 0.3) is 0 Å². The summed E-state index contributed by atoms with van der Waals surface area (Å²) in [6, 6.07) is 0. The Kier molecular flexibility index (Phi) is 8.25. The van der Waals surface area contributed by atoms with Gasteiger partial charge in [0.05, 0.1) is 18.8 Å². The van der Waals surface area contributed by atoms with Gasteiger partial charge in [-0.3, -0.25) is 0 Å². The van der Waals surface area contributed by atoms with Crippen LogP contribution in [0.25, 0.3) is 0 Å². The number of ether oxygens (including phenoxy) is 2. The van der Waals surface area contributed by atoms with Crippen molar-refractivity contribution in [1.29, 1.82) is 0 Å². The lowest BCUT2D eigenvalue weighted by Crippen LogP contribution is -2.35. The SMILES string of the molecule is C=CCOCCCCC(O)O[C@@H]1CCCC[C@H]1O. The minimum absolute atomic E-state index is 0.189. The van der Waals surface area contributed by atoms with Gasteiger partial charge in [0.1, 0.15) is 0 Å². The molecule has 0 heterocycles. The van der Waals surface area contributed by atoms with Crippen molar-refractivity contribution >= 4 is 0 Å². The van der Waals surface area contributed by atoms with Gasteiger partial charge in [-0.05, 0) is 32.1 Å². The third kappa shape index (κ3) is 6.50. The second-order valence-electron chi connectivity index (χ2n) is 4.84. The fraction of sp³-hybridized carbons (Fsp3) is 0.857. The second-order valence-corrected chi connectivity index (χ2v) is 4.84.